The highest BCUT2D eigenvalue weighted by atomic mass is 35.5. The molecular formula is C39H50ClN3O5. The van der Waals surface area contributed by atoms with Crippen LogP contribution in [-0.2, 0) is 16.0 Å². The lowest BCUT2D eigenvalue weighted by Gasteiger charge is -2.38. The summed E-state index contributed by atoms with van der Waals surface area (Å²) in [4.78, 5) is 32.5. The monoisotopic (exact) mass is 675 g/mol. The molecule has 3 aromatic rings. The van der Waals surface area contributed by atoms with Gasteiger partial charge in [0, 0.05) is 43.1 Å². The summed E-state index contributed by atoms with van der Waals surface area (Å²) in [5.74, 6) is 1.82. The molecule has 5 rings (SSSR count). The minimum atomic E-state index is -0.497. The number of fused-ring (bicyclic) bond motifs is 1. The van der Waals surface area contributed by atoms with Gasteiger partial charge in [-0.25, -0.2) is 4.79 Å². The minimum absolute atomic E-state index is 0.0104. The van der Waals surface area contributed by atoms with E-state index in [-0.39, 0.29) is 36.6 Å². The zero-order valence-electron chi connectivity index (χ0n) is 29.6. The molecule has 1 aliphatic heterocycles. The Bertz CT molecular complexity index is 1580. The highest BCUT2D eigenvalue weighted by Gasteiger charge is 2.36. The molecule has 1 saturated carbocycles. The van der Waals surface area contributed by atoms with Crippen LogP contribution in [0.1, 0.15) is 83.0 Å². The fourth-order valence-corrected chi connectivity index (χ4v) is 7.01. The second-order valence-corrected chi connectivity index (χ2v) is 14.9. The van der Waals surface area contributed by atoms with Crippen LogP contribution in [0.5, 0.6) is 11.5 Å². The van der Waals surface area contributed by atoms with Crippen molar-refractivity contribution in [3.63, 3.8) is 0 Å². The molecule has 1 heterocycles. The van der Waals surface area contributed by atoms with Crippen molar-refractivity contribution in [3.8, 4) is 11.5 Å². The summed E-state index contributed by atoms with van der Waals surface area (Å²) in [5, 5.41) is 0.641. The Morgan fingerprint density at radius 3 is 2.19 bits per heavy atom. The summed E-state index contributed by atoms with van der Waals surface area (Å²) in [6.45, 7) is 10.6. The number of amides is 2. The van der Waals surface area contributed by atoms with Crippen LogP contribution in [-0.4, -0.2) is 62.4 Å². The lowest BCUT2D eigenvalue weighted by atomic mass is 9.85. The second kappa shape index (κ2) is 14.7. The third-order valence-corrected chi connectivity index (χ3v) is 9.54. The van der Waals surface area contributed by atoms with Gasteiger partial charge >= 0.3 is 6.09 Å². The van der Waals surface area contributed by atoms with Crippen molar-refractivity contribution in [3.05, 3.63) is 82.4 Å². The molecule has 2 aliphatic rings. The largest absolute Gasteiger partial charge is 0.493 e. The van der Waals surface area contributed by atoms with Crippen LogP contribution < -0.4 is 19.3 Å². The van der Waals surface area contributed by atoms with Gasteiger partial charge in [-0.3, -0.25) is 4.79 Å². The number of hydrogen-bond acceptors (Lipinski definition) is 6. The molecule has 258 valence electrons. The van der Waals surface area contributed by atoms with E-state index in [2.05, 4.69) is 24.1 Å². The number of hydrogen-bond donors (Lipinski definition) is 0. The van der Waals surface area contributed by atoms with Crippen molar-refractivity contribution in [2.45, 2.75) is 90.5 Å². The quantitative estimate of drug-likeness (QED) is 0.226. The summed E-state index contributed by atoms with van der Waals surface area (Å²) in [5.41, 5.74) is 4.31. The number of anilines is 2. The van der Waals surface area contributed by atoms with E-state index in [1.807, 2.05) is 95.1 Å². The second-order valence-electron chi connectivity index (χ2n) is 14.4. The van der Waals surface area contributed by atoms with E-state index in [1.165, 1.54) is 0 Å². The topological polar surface area (TPSA) is 71.6 Å². The number of methoxy groups -OCH3 is 1. The Labute approximate surface area is 290 Å². The van der Waals surface area contributed by atoms with Gasteiger partial charge in [-0.15, -0.1) is 0 Å². The fraction of sp³-hybridized carbons (Fsp3) is 0.487. The molecule has 0 bridgehead atoms. The summed E-state index contributed by atoms with van der Waals surface area (Å²) in [7, 11) is 5.60. The molecule has 3 aromatic carbocycles. The Morgan fingerprint density at radius 1 is 0.958 bits per heavy atom. The normalized spacial score (nSPS) is 19.5. The molecule has 1 unspecified atom stereocenters. The van der Waals surface area contributed by atoms with Crippen LogP contribution in [0, 0.1) is 5.92 Å². The van der Waals surface area contributed by atoms with Gasteiger partial charge in [0.05, 0.1) is 25.7 Å². The summed E-state index contributed by atoms with van der Waals surface area (Å²) in [6, 6.07) is 19.8. The molecule has 0 spiro atoms. The summed E-state index contributed by atoms with van der Waals surface area (Å²) in [6.07, 6.45) is 4.01. The molecular weight excluding hydrogens is 626 g/mol. The van der Waals surface area contributed by atoms with Gasteiger partial charge in [0.2, 0.25) is 5.91 Å². The minimum Gasteiger partial charge on any atom is -0.493 e. The highest BCUT2D eigenvalue weighted by Crippen LogP contribution is 2.44. The van der Waals surface area contributed by atoms with Gasteiger partial charge in [0.1, 0.15) is 5.60 Å². The molecule has 48 heavy (non-hydrogen) atoms. The van der Waals surface area contributed by atoms with Gasteiger partial charge in [0.15, 0.2) is 11.5 Å². The SMILES string of the molecule is COc1cc2c(cc1OC(C)C)C(c1ccc(Cl)cc1)N(c1ccc(N(C)CC3CCC(N(C)C(=O)OC(C)(C)C)CC3)cc1)C(=O)C2. The average molecular weight is 676 g/mol. The van der Waals surface area contributed by atoms with Crippen LogP contribution in [0.25, 0.3) is 0 Å². The van der Waals surface area contributed by atoms with Crippen LogP contribution >= 0.6 is 11.6 Å². The van der Waals surface area contributed by atoms with E-state index in [0.29, 0.717) is 22.4 Å². The first kappa shape index (κ1) is 35.4. The van der Waals surface area contributed by atoms with E-state index in [4.69, 9.17) is 25.8 Å². The molecule has 2 amide bonds. The first-order valence-electron chi connectivity index (χ1n) is 17.0. The van der Waals surface area contributed by atoms with Crippen molar-refractivity contribution in [1.82, 2.24) is 4.90 Å². The van der Waals surface area contributed by atoms with E-state index in [0.717, 1.165) is 60.3 Å². The van der Waals surface area contributed by atoms with Crippen molar-refractivity contribution in [2.24, 2.45) is 5.92 Å². The van der Waals surface area contributed by atoms with Crippen molar-refractivity contribution >= 4 is 35.0 Å². The van der Waals surface area contributed by atoms with Crippen LogP contribution in [0.2, 0.25) is 5.02 Å². The van der Waals surface area contributed by atoms with E-state index >= 15 is 0 Å². The molecule has 0 saturated heterocycles. The molecule has 1 atom stereocenters. The smallest absolute Gasteiger partial charge is 0.410 e. The number of ether oxygens (including phenoxy) is 3. The van der Waals surface area contributed by atoms with Gasteiger partial charge in [-0.1, -0.05) is 23.7 Å². The Balaban J connectivity index is 1.33. The van der Waals surface area contributed by atoms with Crippen LogP contribution in [0.3, 0.4) is 0 Å². The molecule has 8 nitrogen and oxygen atoms in total. The van der Waals surface area contributed by atoms with Gasteiger partial charge in [0.25, 0.3) is 0 Å². The molecule has 1 aliphatic carbocycles. The number of benzene rings is 3. The maximum atomic E-state index is 13.9. The zero-order chi connectivity index (χ0) is 34.7. The van der Waals surface area contributed by atoms with E-state index in [9.17, 15) is 9.59 Å². The van der Waals surface area contributed by atoms with E-state index in [1.54, 1.807) is 12.0 Å². The Kier molecular flexibility index (Phi) is 10.8. The standard InChI is InChI=1S/C39H50ClN3O5/c1-25(2)47-35-23-33-28(21-34(35)46-8)22-36(44)43(37(33)27-11-13-29(40)14-12-27)32-19-17-30(18-20-32)41(6)24-26-9-15-31(16-10-26)42(7)38(45)48-39(3,4)5/h11-14,17-21,23,25-26,31,37H,9-10,15-16,22,24H2,1-8H3. The highest BCUT2D eigenvalue weighted by molar-refractivity contribution is 6.30. The lowest BCUT2D eigenvalue weighted by molar-refractivity contribution is -0.118. The average Bonchev–Trinajstić information content (AvgIpc) is 3.03. The Morgan fingerprint density at radius 2 is 1.60 bits per heavy atom. The third kappa shape index (κ3) is 8.20. The molecule has 1 fully saturated rings. The van der Waals surface area contributed by atoms with Crippen molar-refractivity contribution in [1.29, 1.82) is 0 Å². The Hall–Kier alpha value is -3.91. The first-order valence-corrected chi connectivity index (χ1v) is 17.3. The molecule has 0 aromatic heterocycles. The maximum Gasteiger partial charge on any atom is 0.410 e. The third-order valence-electron chi connectivity index (χ3n) is 9.28. The number of rotatable bonds is 9. The molecule has 9 heteroatoms. The first-order chi connectivity index (χ1) is 22.7. The van der Waals surface area contributed by atoms with Crippen molar-refractivity contribution < 1.29 is 23.8 Å². The zero-order valence-corrected chi connectivity index (χ0v) is 30.3. The molecule has 0 N–H and O–H groups in total. The van der Waals surface area contributed by atoms with Crippen LogP contribution in [0.15, 0.2) is 60.7 Å². The summed E-state index contributed by atoms with van der Waals surface area (Å²) >= 11 is 6.28. The van der Waals surface area contributed by atoms with Crippen molar-refractivity contribution in [2.75, 3.05) is 37.5 Å². The number of carbonyl (C=O) groups excluding carboxylic acids is 2. The number of halogens is 1. The molecule has 0 radical (unpaired) electrons. The lowest BCUT2D eigenvalue weighted by Crippen LogP contribution is -2.43. The number of carbonyl (C=O) groups is 2. The van der Waals surface area contributed by atoms with Crippen LogP contribution in [0.4, 0.5) is 16.2 Å². The predicted octanol–water partition coefficient (Wildman–Crippen LogP) is 8.68. The van der Waals surface area contributed by atoms with E-state index < -0.39 is 5.60 Å². The maximum absolute atomic E-state index is 13.9. The van der Waals surface area contributed by atoms with Gasteiger partial charge in [-0.05, 0) is 131 Å². The number of nitrogens with zero attached hydrogens (tertiary/aromatic N) is 3. The summed E-state index contributed by atoms with van der Waals surface area (Å²) < 4.78 is 17.4. The van der Waals surface area contributed by atoms with Gasteiger partial charge in [-0.2, -0.15) is 0 Å². The van der Waals surface area contributed by atoms with Gasteiger partial charge < -0.3 is 28.9 Å². The fourth-order valence-electron chi connectivity index (χ4n) is 6.89. The predicted molar refractivity (Wildman–Crippen MR) is 193 cm³/mol.